The van der Waals surface area contributed by atoms with Gasteiger partial charge in [-0.2, -0.15) is 9.57 Å². The molecular formula is C13H17N3O2S. The van der Waals surface area contributed by atoms with E-state index in [0.29, 0.717) is 18.7 Å². The molecule has 0 spiro atoms. The van der Waals surface area contributed by atoms with E-state index in [2.05, 4.69) is 5.32 Å². The Hall–Kier alpha value is -1.42. The van der Waals surface area contributed by atoms with Crippen molar-refractivity contribution in [1.82, 2.24) is 9.62 Å². The van der Waals surface area contributed by atoms with Gasteiger partial charge < -0.3 is 5.32 Å². The van der Waals surface area contributed by atoms with Gasteiger partial charge in [-0.1, -0.05) is 13.0 Å². The second kappa shape index (κ2) is 5.70. The summed E-state index contributed by atoms with van der Waals surface area (Å²) in [5.41, 5.74) is 0.363. The summed E-state index contributed by atoms with van der Waals surface area (Å²) in [4.78, 5) is 0.195. The molecular weight excluding hydrogens is 262 g/mol. The fourth-order valence-electron chi connectivity index (χ4n) is 2.37. The second-order valence-electron chi connectivity index (χ2n) is 4.49. The number of hydrogen-bond donors (Lipinski definition) is 1. The van der Waals surface area contributed by atoms with Gasteiger partial charge in [0, 0.05) is 19.1 Å². The summed E-state index contributed by atoms with van der Waals surface area (Å²) in [7, 11) is -3.52. The molecule has 1 saturated heterocycles. The molecule has 1 aliphatic heterocycles. The predicted octanol–water partition coefficient (Wildman–Crippen LogP) is 0.931. The van der Waals surface area contributed by atoms with Crippen LogP contribution in [0.25, 0.3) is 0 Å². The van der Waals surface area contributed by atoms with Crippen LogP contribution in [0, 0.1) is 11.3 Å². The van der Waals surface area contributed by atoms with Gasteiger partial charge in [0.1, 0.15) is 0 Å². The molecule has 19 heavy (non-hydrogen) atoms. The fraction of sp³-hybridized carbons (Fsp3) is 0.462. The number of nitrogens with one attached hydrogen (secondary N) is 1. The van der Waals surface area contributed by atoms with Crippen molar-refractivity contribution in [2.24, 2.45) is 0 Å². The van der Waals surface area contributed by atoms with Gasteiger partial charge >= 0.3 is 0 Å². The highest BCUT2D eigenvalue weighted by Crippen LogP contribution is 2.21. The topological polar surface area (TPSA) is 73.2 Å². The van der Waals surface area contributed by atoms with Gasteiger partial charge in [-0.15, -0.1) is 0 Å². The molecule has 5 nitrogen and oxygen atoms in total. The van der Waals surface area contributed by atoms with Crippen molar-refractivity contribution in [3.8, 4) is 6.07 Å². The first-order valence-corrected chi connectivity index (χ1v) is 7.76. The molecule has 0 aromatic heterocycles. The van der Waals surface area contributed by atoms with Crippen LogP contribution in [0.4, 0.5) is 0 Å². The molecule has 2 rings (SSSR count). The van der Waals surface area contributed by atoms with Crippen LogP contribution in [0.2, 0.25) is 0 Å². The van der Waals surface area contributed by atoms with Crippen molar-refractivity contribution in [2.45, 2.75) is 24.3 Å². The molecule has 1 aliphatic rings. The van der Waals surface area contributed by atoms with Gasteiger partial charge in [0.25, 0.3) is 0 Å². The lowest BCUT2D eigenvalue weighted by atomic mass is 10.2. The van der Waals surface area contributed by atoms with Crippen molar-refractivity contribution in [1.29, 1.82) is 5.26 Å². The minimum absolute atomic E-state index is 0.000687. The number of sulfonamides is 1. The Morgan fingerprint density at radius 2 is 2.32 bits per heavy atom. The molecule has 1 fully saturated rings. The summed E-state index contributed by atoms with van der Waals surface area (Å²) in [5, 5.41) is 12.0. The van der Waals surface area contributed by atoms with Crippen molar-refractivity contribution in [2.75, 3.05) is 19.6 Å². The van der Waals surface area contributed by atoms with E-state index in [1.54, 1.807) is 18.2 Å². The smallest absolute Gasteiger partial charge is 0.243 e. The van der Waals surface area contributed by atoms with Crippen LogP contribution in [0.5, 0.6) is 0 Å². The maximum atomic E-state index is 12.6. The third kappa shape index (κ3) is 2.78. The molecule has 1 aromatic carbocycles. The molecule has 0 bridgehead atoms. The third-order valence-corrected chi connectivity index (χ3v) is 5.35. The van der Waals surface area contributed by atoms with E-state index in [-0.39, 0.29) is 10.9 Å². The Balaban J connectivity index is 2.36. The first-order valence-electron chi connectivity index (χ1n) is 6.32. The van der Waals surface area contributed by atoms with Gasteiger partial charge in [0.05, 0.1) is 16.5 Å². The van der Waals surface area contributed by atoms with E-state index in [9.17, 15) is 8.42 Å². The zero-order chi connectivity index (χ0) is 13.9. The summed E-state index contributed by atoms with van der Waals surface area (Å²) in [6, 6.07) is 8.15. The maximum Gasteiger partial charge on any atom is 0.243 e. The molecule has 0 aliphatic carbocycles. The Morgan fingerprint density at radius 3 is 2.89 bits per heavy atom. The SMILES string of the molecule is CCN(C1CCNC1)S(=O)(=O)c1cccc(C#N)c1. The highest BCUT2D eigenvalue weighted by atomic mass is 32.2. The van der Waals surface area contributed by atoms with Crippen molar-refractivity contribution < 1.29 is 8.42 Å². The fourth-order valence-corrected chi connectivity index (χ4v) is 4.08. The van der Waals surface area contributed by atoms with Gasteiger partial charge in [-0.05, 0) is 31.2 Å². The average Bonchev–Trinajstić information content (AvgIpc) is 2.93. The zero-order valence-electron chi connectivity index (χ0n) is 10.8. The van der Waals surface area contributed by atoms with E-state index in [1.165, 1.54) is 10.4 Å². The van der Waals surface area contributed by atoms with E-state index in [4.69, 9.17) is 5.26 Å². The van der Waals surface area contributed by atoms with Gasteiger partial charge in [0.15, 0.2) is 0 Å². The van der Waals surface area contributed by atoms with Crippen molar-refractivity contribution in [3.63, 3.8) is 0 Å². The molecule has 0 saturated carbocycles. The van der Waals surface area contributed by atoms with Crippen LogP contribution in [0.1, 0.15) is 18.9 Å². The standard InChI is InChI=1S/C13H17N3O2S/c1-2-16(12-6-7-15-10-12)19(17,18)13-5-3-4-11(8-13)9-14/h3-5,8,12,15H,2,6-7,10H2,1H3. The molecule has 1 heterocycles. The van der Waals surface area contributed by atoms with Crippen molar-refractivity contribution in [3.05, 3.63) is 29.8 Å². The van der Waals surface area contributed by atoms with E-state index in [0.717, 1.165) is 13.0 Å². The number of nitriles is 1. The largest absolute Gasteiger partial charge is 0.315 e. The second-order valence-corrected chi connectivity index (χ2v) is 6.39. The van der Waals surface area contributed by atoms with Gasteiger partial charge in [-0.25, -0.2) is 8.42 Å². The van der Waals surface area contributed by atoms with E-state index in [1.807, 2.05) is 13.0 Å². The molecule has 0 radical (unpaired) electrons. The summed E-state index contributed by atoms with van der Waals surface area (Å²) in [6.45, 7) is 3.80. The number of hydrogen-bond acceptors (Lipinski definition) is 4. The number of likely N-dealkylation sites (N-methyl/N-ethyl adjacent to an activating group) is 1. The molecule has 6 heteroatoms. The predicted molar refractivity (Wildman–Crippen MR) is 72.0 cm³/mol. The van der Waals surface area contributed by atoms with Crippen LogP contribution >= 0.6 is 0 Å². The molecule has 102 valence electrons. The minimum Gasteiger partial charge on any atom is -0.315 e. The first kappa shape index (κ1) is 14.0. The molecule has 1 aromatic rings. The lowest BCUT2D eigenvalue weighted by Gasteiger charge is -2.26. The average molecular weight is 279 g/mol. The lowest BCUT2D eigenvalue weighted by Crippen LogP contribution is -2.41. The van der Waals surface area contributed by atoms with Crippen LogP contribution < -0.4 is 5.32 Å². The Labute approximate surface area is 113 Å². The van der Waals surface area contributed by atoms with Gasteiger partial charge in [0.2, 0.25) is 10.0 Å². The number of nitrogens with zero attached hydrogens (tertiary/aromatic N) is 2. The normalized spacial score (nSPS) is 19.5. The van der Waals surface area contributed by atoms with Crippen LogP contribution in [0.15, 0.2) is 29.2 Å². The first-order chi connectivity index (χ1) is 9.09. The van der Waals surface area contributed by atoms with Crippen LogP contribution in [0.3, 0.4) is 0 Å². The molecule has 1 unspecified atom stereocenters. The number of rotatable bonds is 4. The van der Waals surface area contributed by atoms with Crippen LogP contribution in [-0.4, -0.2) is 38.4 Å². The molecule has 0 amide bonds. The summed E-state index contributed by atoms with van der Waals surface area (Å²) in [6.07, 6.45) is 0.824. The maximum absolute atomic E-state index is 12.6. The number of benzene rings is 1. The minimum atomic E-state index is -3.52. The van der Waals surface area contributed by atoms with E-state index < -0.39 is 10.0 Å². The van der Waals surface area contributed by atoms with E-state index >= 15 is 0 Å². The zero-order valence-corrected chi connectivity index (χ0v) is 11.7. The molecule has 1 atom stereocenters. The highest BCUT2D eigenvalue weighted by Gasteiger charge is 2.31. The summed E-state index contributed by atoms with van der Waals surface area (Å²) >= 11 is 0. The molecule has 1 N–H and O–H groups in total. The van der Waals surface area contributed by atoms with Gasteiger partial charge in [-0.3, -0.25) is 0 Å². The summed E-state index contributed by atoms with van der Waals surface area (Å²) < 4.78 is 26.7. The highest BCUT2D eigenvalue weighted by molar-refractivity contribution is 7.89. The summed E-state index contributed by atoms with van der Waals surface area (Å²) in [5.74, 6) is 0. The quantitative estimate of drug-likeness (QED) is 0.890. The Morgan fingerprint density at radius 1 is 1.53 bits per heavy atom. The Bertz CT molecular complexity index is 586. The monoisotopic (exact) mass is 279 g/mol. The van der Waals surface area contributed by atoms with Crippen molar-refractivity contribution >= 4 is 10.0 Å². The Kier molecular flexibility index (Phi) is 4.20. The lowest BCUT2D eigenvalue weighted by molar-refractivity contribution is 0.349. The van der Waals surface area contributed by atoms with Crippen LogP contribution in [-0.2, 0) is 10.0 Å². The third-order valence-electron chi connectivity index (χ3n) is 3.32.